The molecule has 1 heterocycles. The van der Waals surface area contributed by atoms with Gasteiger partial charge < -0.3 is 4.90 Å². The molecule has 1 aromatic heterocycles. The monoisotopic (exact) mass is 243 g/mol. The highest BCUT2D eigenvalue weighted by atomic mass is 16.2. The quantitative estimate of drug-likeness (QED) is 0.817. The lowest BCUT2D eigenvalue weighted by atomic mass is 10.1. The molecule has 2 rings (SSSR count). The van der Waals surface area contributed by atoms with Gasteiger partial charge in [-0.15, -0.1) is 0 Å². The molecule has 94 valence electrons. The zero-order valence-corrected chi connectivity index (χ0v) is 10.6. The summed E-state index contributed by atoms with van der Waals surface area (Å²) in [6.07, 6.45) is 6.45. The van der Waals surface area contributed by atoms with Crippen LogP contribution in [0.15, 0.2) is 18.3 Å². The van der Waals surface area contributed by atoms with Crippen molar-refractivity contribution in [3.63, 3.8) is 0 Å². The summed E-state index contributed by atoms with van der Waals surface area (Å²) in [5, 5.41) is 8.65. The molecular weight excluding hydrogens is 226 g/mol. The third-order valence-corrected chi connectivity index (χ3v) is 3.52. The number of amides is 1. The molecule has 0 atom stereocenters. The van der Waals surface area contributed by atoms with Crippen molar-refractivity contribution in [1.29, 1.82) is 5.26 Å². The van der Waals surface area contributed by atoms with Crippen LogP contribution in [0.2, 0.25) is 0 Å². The molecular formula is C14H17N3O. The SMILES string of the molecule is CN(C(=O)c1ccnc(CC#N)c1)C1CCCC1. The average Bonchev–Trinajstić information content (AvgIpc) is 2.91. The maximum absolute atomic E-state index is 12.3. The molecule has 0 aromatic carbocycles. The lowest BCUT2D eigenvalue weighted by molar-refractivity contribution is 0.0735. The van der Waals surface area contributed by atoms with Crippen LogP contribution in [0.3, 0.4) is 0 Å². The lowest BCUT2D eigenvalue weighted by Crippen LogP contribution is -2.35. The molecule has 1 aromatic rings. The number of carbonyl (C=O) groups is 1. The number of nitriles is 1. The molecule has 0 spiro atoms. The summed E-state index contributed by atoms with van der Waals surface area (Å²) in [6, 6.07) is 5.85. The van der Waals surface area contributed by atoms with Crippen LogP contribution in [0.25, 0.3) is 0 Å². The van der Waals surface area contributed by atoms with E-state index in [-0.39, 0.29) is 12.3 Å². The Balaban J connectivity index is 2.12. The van der Waals surface area contributed by atoms with Gasteiger partial charge in [0.25, 0.3) is 5.91 Å². The van der Waals surface area contributed by atoms with E-state index in [1.54, 1.807) is 18.3 Å². The first kappa shape index (κ1) is 12.6. The van der Waals surface area contributed by atoms with Crippen LogP contribution in [0.4, 0.5) is 0 Å². The zero-order valence-electron chi connectivity index (χ0n) is 10.6. The van der Waals surface area contributed by atoms with Crippen molar-refractivity contribution in [3.05, 3.63) is 29.6 Å². The van der Waals surface area contributed by atoms with Crippen molar-refractivity contribution >= 4 is 5.91 Å². The number of rotatable bonds is 3. The van der Waals surface area contributed by atoms with Crippen LogP contribution >= 0.6 is 0 Å². The molecule has 4 nitrogen and oxygen atoms in total. The summed E-state index contributed by atoms with van der Waals surface area (Å²) >= 11 is 0. The van der Waals surface area contributed by atoms with Gasteiger partial charge in [-0.3, -0.25) is 9.78 Å². The second-order valence-corrected chi connectivity index (χ2v) is 4.73. The third-order valence-electron chi connectivity index (χ3n) is 3.52. The number of nitrogens with zero attached hydrogens (tertiary/aromatic N) is 3. The maximum Gasteiger partial charge on any atom is 0.253 e. The summed E-state index contributed by atoms with van der Waals surface area (Å²) in [4.78, 5) is 18.2. The molecule has 0 bridgehead atoms. The highest BCUT2D eigenvalue weighted by molar-refractivity contribution is 5.94. The van der Waals surface area contributed by atoms with Crippen molar-refractivity contribution in [2.75, 3.05) is 7.05 Å². The minimum absolute atomic E-state index is 0.0310. The number of pyridine rings is 1. The van der Waals surface area contributed by atoms with Crippen LogP contribution in [-0.2, 0) is 6.42 Å². The zero-order chi connectivity index (χ0) is 13.0. The molecule has 18 heavy (non-hydrogen) atoms. The molecule has 1 amide bonds. The first-order chi connectivity index (χ1) is 8.72. The molecule has 4 heteroatoms. The highest BCUT2D eigenvalue weighted by Gasteiger charge is 2.24. The van der Waals surface area contributed by atoms with Crippen molar-refractivity contribution in [3.8, 4) is 6.07 Å². The minimum Gasteiger partial charge on any atom is -0.339 e. The van der Waals surface area contributed by atoms with Crippen molar-refractivity contribution in [2.24, 2.45) is 0 Å². The van der Waals surface area contributed by atoms with Crippen LogP contribution in [-0.4, -0.2) is 28.9 Å². The highest BCUT2D eigenvalue weighted by Crippen LogP contribution is 2.23. The van der Waals surface area contributed by atoms with Crippen LogP contribution in [0.1, 0.15) is 41.7 Å². The van der Waals surface area contributed by atoms with E-state index in [4.69, 9.17) is 5.26 Å². The van der Waals surface area contributed by atoms with Gasteiger partial charge in [-0.25, -0.2) is 0 Å². The van der Waals surface area contributed by atoms with E-state index in [2.05, 4.69) is 4.98 Å². The number of aromatic nitrogens is 1. The third kappa shape index (κ3) is 2.67. The summed E-state index contributed by atoms with van der Waals surface area (Å²) < 4.78 is 0. The van der Waals surface area contributed by atoms with Gasteiger partial charge in [0, 0.05) is 24.8 Å². The second kappa shape index (κ2) is 5.63. The predicted octanol–water partition coefficient (Wildman–Crippen LogP) is 2.16. The fourth-order valence-electron chi connectivity index (χ4n) is 2.45. The topological polar surface area (TPSA) is 57.0 Å². The minimum atomic E-state index is 0.0310. The average molecular weight is 243 g/mol. The summed E-state index contributed by atoms with van der Waals surface area (Å²) in [5.41, 5.74) is 1.29. The Hall–Kier alpha value is -1.89. The van der Waals surface area contributed by atoms with E-state index in [1.165, 1.54) is 12.8 Å². The Bertz CT molecular complexity index is 472. The van der Waals surface area contributed by atoms with Crippen molar-refractivity contribution < 1.29 is 4.79 Å². The smallest absolute Gasteiger partial charge is 0.253 e. The second-order valence-electron chi connectivity index (χ2n) is 4.73. The fourth-order valence-corrected chi connectivity index (χ4v) is 2.45. The van der Waals surface area contributed by atoms with Gasteiger partial charge >= 0.3 is 0 Å². The van der Waals surface area contributed by atoms with Gasteiger partial charge in [0.05, 0.1) is 18.2 Å². The number of carbonyl (C=O) groups excluding carboxylic acids is 1. The van der Waals surface area contributed by atoms with Crippen LogP contribution < -0.4 is 0 Å². The largest absolute Gasteiger partial charge is 0.339 e. The maximum atomic E-state index is 12.3. The van der Waals surface area contributed by atoms with Gasteiger partial charge in [0.1, 0.15) is 0 Å². The van der Waals surface area contributed by atoms with E-state index in [9.17, 15) is 4.79 Å². The van der Waals surface area contributed by atoms with Gasteiger partial charge in [-0.05, 0) is 25.0 Å². The van der Waals surface area contributed by atoms with Gasteiger partial charge in [0.2, 0.25) is 0 Å². The molecule has 0 N–H and O–H groups in total. The fraction of sp³-hybridized carbons (Fsp3) is 0.500. The molecule has 1 fully saturated rings. The Kier molecular flexibility index (Phi) is 3.93. The Morgan fingerprint density at radius 2 is 2.28 bits per heavy atom. The van der Waals surface area contributed by atoms with Gasteiger partial charge in [-0.1, -0.05) is 12.8 Å². The summed E-state index contributed by atoms with van der Waals surface area (Å²) in [7, 11) is 1.86. The van der Waals surface area contributed by atoms with E-state index < -0.39 is 0 Å². The summed E-state index contributed by atoms with van der Waals surface area (Å²) in [6.45, 7) is 0. The molecule has 0 radical (unpaired) electrons. The lowest BCUT2D eigenvalue weighted by Gasteiger charge is -2.24. The number of hydrogen-bond donors (Lipinski definition) is 0. The van der Waals surface area contributed by atoms with Crippen LogP contribution in [0.5, 0.6) is 0 Å². The van der Waals surface area contributed by atoms with Gasteiger partial charge in [-0.2, -0.15) is 5.26 Å². The normalized spacial score (nSPS) is 15.3. The van der Waals surface area contributed by atoms with E-state index in [1.807, 2.05) is 18.0 Å². The van der Waals surface area contributed by atoms with Crippen molar-refractivity contribution in [1.82, 2.24) is 9.88 Å². The van der Waals surface area contributed by atoms with Crippen molar-refractivity contribution in [2.45, 2.75) is 38.1 Å². The van der Waals surface area contributed by atoms with E-state index in [0.29, 0.717) is 17.3 Å². The van der Waals surface area contributed by atoms with E-state index in [0.717, 1.165) is 12.8 Å². The Morgan fingerprint density at radius 1 is 1.56 bits per heavy atom. The van der Waals surface area contributed by atoms with Crippen LogP contribution in [0, 0.1) is 11.3 Å². The first-order valence-electron chi connectivity index (χ1n) is 6.31. The summed E-state index contributed by atoms with van der Waals surface area (Å²) in [5.74, 6) is 0.0310. The Morgan fingerprint density at radius 3 is 2.94 bits per heavy atom. The van der Waals surface area contributed by atoms with Gasteiger partial charge in [0.15, 0.2) is 0 Å². The molecule has 1 saturated carbocycles. The van der Waals surface area contributed by atoms with E-state index >= 15 is 0 Å². The molecule has 0 unspecified atom stereocenters. The predicted molar refractivity (Wildman–Crippen MR) is 67.9 cm³/mol. The number of hydrogen-bond acceptors (Lipinski definition) is 3. The first-order valence-corrected chi connectivity index (χ1v) is 6.31. The standard InChI is InChI=1S/C14H17N3O/c1-17(13-4-2-3-5-13)14(18)11-7-9-16-12(10-11)6-8-15/h7,9-10,13H,2-6H2,1H3. The molecule has 0 aliphatic heterocycles. The molecule has 1 aliphatic carbocycles. The molecule has 1 aliphatic rings. The Labute approximate surface area is 107 Å². The molecule has 0 saturated heterocycles.